The highest BCUT2D eigenvalue weighted by Gasteiger charge is 2.13. The van der Waals surface area contributed by atoms with E-state index in [0.29, 0.717) is 15.4 Å². The van der Waals surface area contributed by atoms with E-state index in [9.17, 15) is 9.59 Å². The summed E-state index contributed by atoms with van der Waals surface area (Å²) in [5.41, 5.74) is 3.37. The Morgan fingerprint density at radius 3 is 1.80 bits per heavy atom. The summed E-state index contributed by atoms with van der Waals surface area (Å²) >= 11 is 15.7. The first-order chi connectivity index (χ1) is 16.8. The van der Waals surface area contributed by atoms with Crippen LogP contribution in [-0.2, 0) is 37.2 Å². The fourth-order valence-electron chi connectivity index (χ4n) is 3.52. The number of ether oxygens (including phenoxy) is 2. The molecular formula is C26H23BrCl2N2O4. The monoisotopic (exact) mass is 576 g/mol. The van der Waals surface area contributed by atoms with Gasteiger partial charge in [0, 0.05) is 44.2 Å². The molecule has 9 heteroatoms. The number of halogens is 3. The molecule has 0 N–H and O–H groups in total. The number of aryl methyl sites for hydroxylation is 1. The summed E-state index contributed by atoms with van der Waals surface area (Å²) in [5, 5.41) is 5.63. The second-order valence-electron chi connectivity index (χ2n) is 7.63. The number of carbonyl (C=O) groups excluding carboxylic acids is 2. The molecule has 6 nitrogen and oxygen atoms in total. The van der Waals surface area contributed by atoms with E-state index < -0.39 is 0 Å². The van der Waals surface area contributed by atoms with E-state index in [-0.39, 0.29) is 24.8 Å². The van der Waals surface area contributed by atoms with Gasteiger partial charge in [0.1, 0.15) is 0 Å². The summed E-state index contributed by atoms with van der Waals surface area (Å²) in [7, 11) is 2.74. The van der Waals surface area contributed by atoms with Gasteiger partial charge in [-0.25, -0.2) is 0 Å². The molecule has 35 heavy (non-hydrogen) atoms. The van der Waals surface area contributed by atoms with E-state index in [4.69, 9.17) is 27.9 Å². The Balaban J connectivity index is 0.000000196. The zero-order valence-corrected chi connectivity index (χ0v) is 22.5. The van der Waals surface area contributed by atoms with E-state index in [0.717, 1.165) is 44.1 Å². The molecule has 0 saturated heterocycles. The van der Waals surface area contributed by atoms with Gasteiger partial charge in [-0.05, 0) is 53.1 Å². The number of rotatable bonds is 5. The third kappa shape index (κ3) is 6.69. The molecular weight excluding hydrogens is 555 g/mol. The number of pyridine rings is 2. The minimum absolute atomic E-state index is 0.165. The van der Waals surface area contributed by atoms with Crippen molar-refractivity contribution in [3.63, 3.8) is 0 Å². The van der Waals surface area contributed by atoms with E-state index >= 15 is 0 Å². The van der Waals surface area contributed by atoms with Crippen LogP contribution in [-0.4, -0.2) is 36.1 Å². The minimum atomic E-state index is -0.304. The Kier molecular flexibility index (Phi) is 9.43. The zero-order chi connectivity index (χ0) is 25.5. The van der Waals surface area contributed by atoms with Crippen molar-refractivity contribution < 1.29 is 19.1 Å². The van der Waals surface area contributed by atoms with E-state index in [1.165, 1.54) is 14.2 Å². The Hall–Kier alpha value is -2.74. The number of benzene rings is 2. The normalized spacial score (nSPS) is 10.6. The van der Waals surface area contributed by atoms with Crippen LogP contribution in [0.2, 0.25) is 10.0 Å². The average Bonchev–Trinajstić information content (AvgIpc) is 2.87. The van der Waals surface area contributed by atoms with Crippen molar-refractivity contribution in [1.82, 2.24) is 9.97 Å². The summed E-state index contributed by atoms with van der Waals surface area (Å²) in [5.74, 6) is -0.601. The van der Waals surface area contributed by atoms with Crippen molar-refractivity contribution in [1.29, 1.82) is 0 Å². The second kappa shape index (κ2) is 12.3. The number of esters is 2. The highest BCUT2D eigenvalue weighted by molar-refractivity contribution is 9.08. The molecule has 0 unspecified atom stereocenters. The summed E-state index contributed by atoms with van der Waals surface area (Å²) < 4.78 is 9.37. The number of aromatic nitrogens is 2. The van der Waals surface area contributed by atoms with Crippen LogP contribution in [0.1, 0.15) is 22.5 Å². The number of carbonyl (C=O) groups is 2. The molecule has 0 amide bonds. The minimum Gasteiger partial charge on any atom is -0.469 e. The van der Waals surface area contributed by atoms with Gasteiger partial charge in [0.15, 0.2) is 0 Å². The summed E-state index contributed by atoms with van der Waals surface area (Å²) in [6.07, 6.45) is 3.90. The van der Waals surface area contributed by atoms with Crippen molar-refractivity contribution in [2.24, 2.45) is 0 Å². The summed E-state index contributed by atoms with van der Waals surface area (Å²) in [4.78, 5) is 31.3. The van der Waals surface area contributed by atoms with Crippen molar-refractivity contribution >= 4 is 72.6 Å². The predicted octanol–water partition coefficient (Wildman–Crippen LogP) is 6.41. The first-order valence-electron chi connectivity index (χ1n) is 10.6. The molecule has 182 valence electrons. The van der Waals surface area contributed by atoms with Gasteiger partial charge < -0.3 is 9.47 Å². The summed E-state index contributed by atoms with van der Waals surface area (Å²) in [6.45, 7) is 1.91. The van der Waals surface area contributed by atoms with Crippen LogP contribution >= 0.6 is 39.1 Å². The number of hydrogen-bond donors (Lipinski definition) is 0. The lowest BCUT2D eigenvalue weighted by Crippen LogP contribution is -2.05. The van der Waals surface area contributed by atoms with Crippen LogP contribution < -0.4 is 0 Å². The molecule has 0 aliphatic carbocycles. The summed E-state index contributed by atoms with van der Waals surface area (Å²) in [6, 6.07) is 11.2. The third-order valence-corrected chi connectivity index (χ3v) is 6.63. The van der Waals surface area contributed by atoms with E-state index in [1.807, 2.05) is 31.2 Å². The van der Waals surface area contributed by atoms with Gasteiger partial charge in [-0.2, -0.15) is 0 Å². The first kappa shape index (κ1) is 26.9. The maximum absolute atomic E-state index is 11.4. The number of methoxy groups -OCH3 is 2. The number of hydrogen-bond acceptors (Lipinski definition) is 6. The van der Waals surface area contributed by atoms with Gasteiger partial charge in [0.25, 0.3) is 0 Å². The van der Waals surface area contributed by atoms with Gasteiger partial charge in [-0.15, -0.1) is 0 Å². The molecule has 0 aliphatic heterocycles. The number of alkyl halides is 1. The van der Waals surface area contributed by atoms with Gasteiger partial charge in [-0.1, -0.05) is 51.3 Å². The van der Waals surface area contributed by atoms with Crippen molar-refractivity contribution in [3.05, 3.63) is 81.4 Å². The molecule has 0 spiro atoms. The smallest absolute Gasteiger partial charge is 0.310 e. The molecule has 0 fully saturated rings. The number of nitrogens with zero attached hydrogens (tertiary/aromatic N) is 2. The predicted molar refractivity (Wildman–Crippen MR) is 142 cm³/mol. The van der Waals surface area contributed by atoms with Crippen molar-refractivity contribution in [2.75, 3.05) is 14.2 Å². The first-order valence-corrected chi connectivity index (χ1v) is 12.4. The molecule has 0 bridgehead atoms. The lowest BCUT2D eigenvalue weighted by molar-refractivity contribution is -0.140. The Labute approximate surface area is 221 Å². The van der Waals surface area contributed by atoms with Gasteiger partial charge in [0.2, 0.25) is 0 Å². The standard InChI is InChI=1S/C13H11BrClNO2.C13H12ClNO2/c1-18-13(17)5-11-10-4-9(6-14)16-7-8(10)2-3-12(11)15;1-8-5-10-9(7-15-8)3-4-12(14)11(10)6-13(16)17-2/h2-4,7H,5-6H2,1H3;3-5,7H,6H2,1-2H3. The van der Waals surface area contributed by atoms with Crippen molar-refractivity contribution in [2.45, 2.75) is 25.1 Å². The third-order valence-electron chi connectivity index (χ3n) is 5.34. The van der Waals surface area contributed by atoms with E-state index in [2.05, 4.69) is 30.6 Å². The fourth-order valence-corrected chi connectivity index (χ4v) is 4.29. The quantitative estimate of drug-likeness (QED) is 0.201. The lowest BCUT2D eigenvalue weighted by Gasteiger charge is -2.09. The Morgan fingerprint density at radius 2 is 1.31 bits per heavy atom. The maximum atomic E-state index is 11.4. The Morgan fingerprint density at radius 1 is 0.829 bits per heavy atom. The molecule has 2 aromatic carbocycles. The molecule has 4 aromatic rings. The number of fused-ring (bicyclic) bond motifs is 2. The molecule has 0 aliphatic rings. The fraction of sp³-hybridized carbons (Fsp3) is 0.231. The van der Waals surface area contributed by atoms with Crippen LogP contribution in [0.4, 0.5) is 0 Å². The topological polar surface area (TPSA) is 78.4 Å². The largest absolute Gasteiger partial charge is 0.469 e. The SMILES string of the molecule is COC(=O)Cc1c(Cl)ccc2cnc(C)cc12.COC(=O)Cc1c(Cl)ccc2cnc(CBr)cc12. The van der Waals surface area contributed by atoms with Crippen LogP contribution in [0.5, 0.6) is 0 Å². The van der Waals surface area contributed by atoms with E-state index in [1.54, 1.807) is 24.5 Å². The molecule has 2 heterocycles. The molecule has 0 saturated carbocycles. The maximum Gasteiger partial charge on any atom is 0.310 e. The molecule has 0 radical (unpaired) electrons. The van der Waals surface area contributed by atoms with Gasteiger partial charge in [0.05, 0.1) is 32.8 Å². The van der Waals surface area contributed by atoms with Gasteiger partial charge in [-0.3, -0.25) is 19.6 Å². The zero-order valence-electron chi connectivity index (χ0n) is 19.4. The van der Waals surface area contributed by atoms with Crippen LogP contribution in [0, 0.1) is 6.92 Å². The lowest BCUT2D eigenvalue weighted by atomic mass is 10.0. The van der Waals surface area contributed by atoms with Crippen molar-refractivity contribution in [3.8, 4) is 0 Å². The molecule has 0 atom stereocenters. The van der Waals surface area contributed by atoms with Gasteiger partial charge >= 0.3 is 11.9 Å². The van der Waals surface area contributed by atoms with Crippen LogP contribution in [0.25, 0.3) is 21.5 Å². The highest BCUT2D eigenvalue weighted by Crippen LogP contribution is 2.28. The van der Waals surface area contributed by atoms with Crippen LogP contribution in [0.15, 0.2) is 48.8 Å². The molecule has 2 aromatic heterocycles. The molecule has 4 rings (SSSR count). The Bertz CT molecular complexity index is 1390. The average molecular weight is 578 g/mol. The highest BCUT2D eigenvalue weighted by atomic mass is 79.9. The second-order valence-corrected chi connectivity index (χ2v) is 9.01. The van der Waals surface area contributed by atoms with Crippen LogP contribution in [0.3, 0.4) is 0 Å².